The Morgan fingerprint density at radius 1 is 1.47 bits per heavy atom. The molecular weight excluding hydrogens is 242 g/mol. The van der Waals surface area contributed by atoms with Crippen LogP contribution in [-0.4, -0.2) is 59.7 Å². The molecule has 1 amide bonds. The molecule has 2 unspecified atom stereocenters. The quantitative estimate of drug-likeness (QED) is 0.762. The van der Waals surface area contributed by atoms with E-state index in [1.165, 1.54) is 0 Å². The van der Waals surface area contributed by atoms with Crippen molar-refractivity contribution in [3.63, 3.8) is 0 Å². The van der Waals surface area contributed by atoms with Gasteiger partial charge in [-0.1, -0.05) is 0 Å². The summed E-state index contributed by atoms with van der Waals surface area (Å²) in [6.45, 7) is 2.93. The van der Waals surface area contributed by atoms with E-state index in [9.17, 15) is 9.59 Å². The second-order valence-electron chi connectivity index (χ2n) is 3.97. The first-order valence-corrected chi connectivity index (χ1v) is 7.10. The number of likely N-dealkylation sites (N-methyl/N-ethyl adjacent to an activating group) is 1. The third kappa shape index (κ3) is 3.61. The molecule has 6 heteroatoms. The zero-order valence-electron chi connectivity index (χ0n) is 10.2. The maximum Gasteiger partial charge on any atom is 0.311 e. The highest BCUT2D eigenvalue weighted by Crippen LogP contribution is 2.21. The summed E-state index contributed by atoms with van der Waals surface area (Å²) in [6.07, 6.45) is 2.40. The Morgan fingerprint density at radius 3 is 2.71 bits per heavy atom. The highest BCUT2D eigenvalue weighted by atomic mass is 32.2. The first-order valence-electron chi connectivity index (χ1n) is 5.70. The van der Waals surface area contributed by atoms with Crippen molar-refractivity contribution in [1.82, 2.24) is 4.90 Å². The van der Waals surface area contributed by atoms with Crippen LogP contribution in [0.5, 0.6) is 0 Å². The van der Waals surface area contributed by atoms with Gasteiger partial charge in [0.05, 0.1) is 19.3 Å². The van der Waals surface area contributed by atoms with Crippen molar-refractivity contribution in [1.29, 1.82) is 0 Å². The highest BCUT2D eigenvalue weighted by Gasteiger charge is 2.39. The molecule has 98 valence electrons. The molecule has 0 spiro atoms. The predicted octanol–water partition coefficient (Wildman–Crippen LogP) is 0.688. The second kappa shape index (κ2) is 6.86. The first kappa shape index (κ1) is 14.3. The first-order chi connectivity index (χ1) is 8.11. The van der Waals surface area contributed by atoms with Crippen molar-refractivity contribution >= 4 is 23.6 Å². The minimum Gasteiger partial charge on any atom is -0.481 e. The van der Waals surface area contributed by atoms with Gasteiger partial charge in [0.2, 0.25) is 5.91 Å². The van der Waals surface area contributed by atoms with E-state index in [1.807, 2.05) is 13.2 Å². The van der Waals surface area contributed by atoms with Crippen LogP contribution >= 0.6 is 11.8 Å². The number of ether oxygens (including phenoxy) is 1. The lowest BCUT2D eigenvalue weighted by molar-refractivity contribution is -0.144. The topological polar surface area (TPSA) is 66.8 Å². The molecule has 1 saturated heterocycles. The largest absolute Gasteiger partial charge is 0.481 e. The van der Waals surface area contributed by atoms with E-state index in [1.54, 1.807) is 16.7 Å². The minimum atomic E-state index is -0.886. The van der Waals surface area contributed by atoms with Crippen LogP contribution in [0.4, 0.5) is 0 Å². The third-order valence-electron chi connectivity index (χ3n) is 2.95. The van der Waals surface area contributed by atoms with Gasteiger partial charge in [0.15, 0.2) is 0 Å². The lowest BCUT2D eigenvalue weighted by Gasteiger charge is -2.29. The number of hydrogen-bond donors (Lipinski definition) is 1. The van der Waals surface area contributed by atoms with Gasteiger partial charge in [0.1, 0.15) is 5.92 Å². The van der Waals surface area contributed by atoms with Gasteiger partial charge in [-0.25, -0.2) is 0 Å². The summed E-state index contributed by atoms with van der Waals surface area (Å²) >= 11 is 1.61. The van der Waals surface area contributed by atoms with Crippen LogP contribution < -0.4 is 0 Å². The van der Waals surface area contributed by atoms with E-state index >= 15 is 0 Å². The van der Waals surface area contributed by atoms with Crippen molar-refractivity contribution in [2.75, 3.05) is 31.8 Å². The Morgan fingerprint density at radius 2 is 2.18 bits per heavy atom. The number of hydrogen-bond acceptors (Lipinski definition) is 4. The maximum atomic E-state index is 12.0. The summed E-state index contributed by atoms with van der Waals surface area (Å²) in [5.74, 6) is -0.693. The Balaban J connectivity index is 2.65. The lowest BCUT2D eigenvalue weighted by Crippen LogP contribution is -2.46. The van der Waals surface area contributed by atoms with Crippen LogP contribution in [0.2, 0.25) is 0 Å². The zero-order valence-corrected chi connectivity index (χ0v) is 11.0. The van der Waals surface area contributed by atoms with E-state index in [2.05, 4.69) is 0 Å². The number of carbonyl (C=O) groups is 2. The van der Waals surface area contributed by atoms with Gasteiger partial charge in [0.25, 0.3) is 0 Å². The molecule has 0 radical (unpaired) electrons. The molecule has 5 nitrogen and oxygen atoms in total. The van der Waals surface area contributed by atoms with Crippen LogP contribution in [0.1, 0.15) is 13.3 Å². The van der Waals surface area contributed by atoms with Gasteiger partial charge in [-0.05, 0) is 13.2 Å². The molecule has 1 aliphatic heterocycles. The number of carbonyl (C=O) groups excluding carboxylic acids is 1. The summed E-state index contributed by atoms with van der Waals surface area (Å²) in [6, 6.07) is -0.313. The summed E-state index contributed by atoms with van der Waals surface area (Å²) in [7, 11) is 0. The molecule has 0 saturated carbocycles. The molecule has 1 heterocycles. The second-order valence-corrected chi connectivity index (χ2v) is 4.96. The van der Waals surface area contributed by atoms with Crippen LogP contribution in [0.3, 0.4) is 0 Å². The number of rotatable bonds is 6. The molecule has 17 heavy (non-hydrogen) atoms. The molecule has 2 atom stereocenters. The Bertz CT molecular complexity index is 285. The van der Waals surface area contributed by atoms with E-state index < -0.39 is 11.9 Å². The fraction of sp³-hybridized carbons (Fsp3) is 0.818. The number of aliphatic carboxylic acids is 1. The number of nitrogens with zero attached hydrogens (tertiary/aromatic N) is 1. The normalized spacial score (nSPS) is 23.6. The smallest absolute Gasteiger partial charge is 0.311 e. The molecule has 1 rings (SSSR count). The predicted molar refractivity (Wildman–Crippen MR) is 66.1 cm³/mol. The van der Waals surface area contributed by atoms with Crippen LogP contribution in [0.15, 0.2) is 0 Å². The highest BCUT2D eigenvalue weighted by molar-refractivity contribution is 7.98. The molecule has 0 aromatic rings. The van der Waals surface area contributed by atoms with Crippen LogP contribution in [-0.2, 0) is 14.3 Å². The fourth-order valence-corrected chi connectivity index (χ4v) is 2.39. The maximum absolute atomic E-state index is 12.0. The average Bonchev–Trinajstić information content (AvgIpc) is 2.76. The number of carboxylic acids is 1. The van der Waals surface area contributed by atoms with Crippen molar-refractivity contribution < 1.29 is 19.4 Å². The standard InChI is InChI=1S/C11H19NO4S/c1-3-12(10(13)4-5-17-2)9-7-16-6-8(9)11(14)15/h8-9H,3-7H2,1-2H3,(H,14,15). The van der Waals surface area contributed by atoms with E-state index in [0.29, 0.717) is 19.6 Å². The Hall–Kier alpha value is -0.750. The summed E-state index contributed by atoms with van der Waals surface area (Å²) < 4.78 is 5.19. The number of amides is 1. The van der Waals surface area contributed by atoms with Crippen molar-refractivity contribution in [2.45, 2.75) is 19.4 Å². The average molecular weight is 261 g/mol. The van der Waals surface area contributed by atoms with Gasteiger partial charge in [-0.2, -0.15) is 11.8 Å². The van der Waals surface area contributed by atoms with Crippen molar-refractivity contribution in [3.05, 3.63) is 0 Å². The molecule has 0 bridgehead atoms. The monoisotopic (exact) mass is 261 g/mol. The van der Waals surface area contributed by atoms with E-state index in [4.69, 9.17) is 9.84 Å². The van der Waals surface area contributed by atoms with Crippen LogP contribution in [0.25, 0.3) is 0 Å². The van der Waals surface area contributed by atoms with Crippen molar-refractivity contribution in [3.8, 4) is 0 Å². The number of thioether (sulfide) groups is 1. The molecule has 1 fully saturated rings. The fourth-order valence-electron chi connectivity index (χ4n) is 2.01. The third-order valence-corrected chi connectivity index (χ3v) is 3.56. The molecule has 1 N–H and O–H groups in total. The molecule has 0 aromatic carbocycles. The minimum absolute atomic E-state index is 0.0172. The van der Waals surface area contributed by atoms with Crippen LogP contribution in [0, 0.1) is 5.92 Å². The Labute approximate surface area is 105 Å². The SMILES string of the molecule is CCN(C(=O)CCSC)C1COCC1C(=O)O. The molecule has 1 aliphatic rings. The lowest BCUT2D eigenvalue weighted by atomic mass is 10.0. The summed E-state index contributed by atoms with van der Waals surface area (Å²) in [5.41, 5.74) is 0. The molecular formula is C11H19NO4S. The Kier molecular flexibility index (Phi) is 5.77. The summed E-state index contributed by atoms with van der Waals surface area (Å²) in [5, 5.41) is 9.06. The molecule has 0 aliphatic carbocycles. The van der Waals surface area contributed by atoms with Gasteiger partial charge < -0.3 is 14.7 Å². The number of carboxylic acid groups (broad SMARTS) is 1. The van der Waals surface area contributed by atoms with Gasteiger partial charge in [-0.15, -0.1) is 0 Å². The van der Waals surface area contributed by atoms with Gasteiger partial charge >= 0.3 is 5.97 Å². The van der Waals surface area contributed by atoms with Gasteiger partial charge in [-0.3, -0.25) is 9.59 Å². The van der Waals surface area contributed by atoms with E-state index in [0.717, 1.165) is 5.75 Å². The summed E-state index contributed by atoms with van der Waals surface area (Å²) in [4.78, 5) is 24.6. The van der Waals surface area contributed by atoms with Crippen molar-refractivity contribution in [2.24, 2.45) is 5.92 Å². The zero-order chi connectivity index (χ0) is 12.8. The molecule has 0 aromatic heterocycles. The van der Waals surface area contributed by atoms with E-state index in [-0.39, 0.29) is 18.6 Å². The van der Waals surface area contributed by atoms with Gasteiger partial charge in [0, 0.05) is 18.7 Å².